The first-order valence-corrected chi connectivity index (χ1v) is 8.82. The van der Waals surface area contributed by atoms with E-state index in [0.717, 1.165) is 22.3 Å². The molecule has 0 bridgehead atoms. The zero-order valence-electron chi connectivity index (χ0n) is 15.8. The summed E-state index contributed by atoms with van der Waals surface area (Å²) in [5.41, 5.74) is 10.2. The molecule has 2 heterocycles. The lowest BCUT2D eigenvalue weighted by Crippen LogP contribution is -2.15. The second-order valence-electron chi connectivity index (χ2n) is 6.86. The molecule has 0 atom stereocenters. The number of hydrogen-bond donors (Lipinski definition) is 2. The fraction of sp³-hybridized carbons (Fsp3) is 0.143. The predicted octanol–water partition coefficient (Wildman–Crippen LogP) is 2.80. The molecular formula is C21H19N5O2. The SMILES string of the molecule is Cc1cccc(-c2nc(C(N)=O)c3[nH]c(=O)n(-c4ccc(C)c(C)c4)c3n2)c1. The van der Waals surface area contributed by atoms with Gasteiger partial charge in [-0.1, -0.05) is 29.8 Å². The van der Waals surface area contributed by atoms with Crippen LogP contribution < -0.4 is 11.4 Å². The van der Waals surface area contributed by atoms with E-state index >= 15 is 0 Å². The van der Waals surface area contributed by atoms with Crippen molar-refractivity contribution < 1.29 is 4.79 Å². The van der Waals surface area contributed by atoms with Crippen LogP contribution in [-0.4, -0.2) is 25.4 Å². The first-order chi connectivity index (χ1) is 13.3. The molecule has 140 valence electrons. The molecule has 7 nitrogen and oxygen atoms in total. The molecule has 0 fully saturated rings. The number of carbonyl (C=O) groups excluding carboxylic acids is 1. The van der Waals surface area contributed by atoms with Gasteiger partial charge in [0, 0.05) is 5.56 Å². The lowest BCUT2D eigenvalue weighted by molar-refractivity contribution is 0.0997. The normalized spacial score (nSPS) is 11.1. The second-order valence-corrected chi connectivity index (χ2v) is 6.86. The van der Waals surface area contributed by atoms with Crippen molar-refractivity contribution in [1.29, 1.82) is 0 Å². The Kier molecular flexibility index (Phi) is 4.07. The molecule has 0 aliphatic heterocycles. The molecule has 0 unspecified atom stereocenters. The first-order valence-electron chi connectivity index (χ1n) is 8.82. The molecule has 0 saturated carbocycles. The average Bonchev–Trinajstić information content (AvgIpc) is 2.98. The molecule has 2 aromatic heterocycles. The molecule has 0 spiro atoms. The van der Waals surface area contributed by atoms with Crippen molar-refractivity contribution in [2.24, 2.45) is 5.73 Å². The Bertz CT molecular complexity index is 1300. The van der Waals surface area contributed by atoms with E-state index in [-0.39, 0.29) is 11.2 Å². The van der Waals surface area contributed by atoms with Crippen molar-refractivity contribution >= 4 is 17.1 Å². The standard InChI is InChI=1S/C21H19N5O2/c1-11-5-4-6-14(9-11)19-23-16(18(22)27)17-20(25-19)26(21(28)24-17)15-8-7-12(2)13(3)10-15/h4-10H,1-3H3,(H2,22,27)(H,24,28). The first kappa shape index (κ1) is 17.7. The van der Waals surface area contributed by atoms with Crippen molar-refractivity contribution in [2.45, 2.75) is 20.8 Å². The summed E-state index contributed by atoms with van der Waals surface area (Å²) in [6.07, 6.45) is 0. The number of nitrogens with zero attached hydrogens (tertiary/aromatic N) is 3. The van der Waals surface area contributed by atoms with Gasteiger partial charge in [-0.05, 0) is 50.1 Å². The van der Waals surface area contributed by atoms with Gasteiger partial charge in [-0.2, -0.15) is 0 Å². The number of nitrogens with one attached hydrogen (secondary N) is 1. The average molecular weight is 373 g/mol. The van der Waals surface area contributed by atoms with Crippen molar-refractivity contribution in [3.05, 3.63) is 75.3 Å². The summed E-state index contributed by atoms with van der Waals surface area (Å²) in [7, 11) is 0. The Morgan fingerprint density at radius 1 is 1.04 bits per heavy atom. The summed E-state index contributed by atoms with van der Waals surface area (Å²) in [5.74, 6) is -0.392. The van der Waals surface area contributed by atoms with Gasteiger partial charge in [-0.3, -0.25) is 4.79 Å². The minimum Gasteiger partial charge on any atom is -0.364 e. The highest BCUT2D eigenvalue weighted by molar-refractivity contribution is 6.02. The van der Waals surface area contributed by atoms with Crippen LogP contribution >= 0.6 is 0 Å². The second kappa shape index (κ2) is 6.45. The Morgan fingerprint density at radius 3 is 2.50 bits per heavy atom. The number of carbonyl (C=O) groups is 1. The minimum atomic E-state index is -0.727. The molecule has 1 amide bonds. The topological polar surface area (TPSA) is 107 Å². The van der Waals surface area contributed by atoms with Crippen LogP contribution in [0.5, 0.6) is 0 Å². The number of benzene rings is 2. The Balaban J connectivity index is 2.07. The third-order valence-electron chi connectivity index (χ3n) is 4.80. The third kappa shape index (κ3) is 2.87. The van der Waals surface area contributed by atoms with Gasteiger partial charge in [-0.25, -0.2) is 19.3 Å². The number of aryl methyl sites for hydroxylation is 3. The number of H-pyrrole nitrogens is 1. The summed E-state index contributed by atoms with van der Waals surface area (Å²) in [6, 6.07) is 13.3. The lowest BCUT2D eigenvalue weighted by Gasteiger charge is -2.08. The zero-order valence-corrected chi connectivity index (χ0v) is 15.8. The van der Waals surface area contributed by atoms with Gasteiger partial charge >= 0.3 is 5.69 Å². The van der Waals surface area contributed by atoms with Gasteiger partial charge in [-0.15, -0.1) is 0 Å². The summed E-state index contributed by atoms with van der Waals surface area (Å²) in [4.78, 5) is 36.3. The quantitative estimate of drug-likeness (QED) is 0.576. The van der Waals surface area contributed by atoms with Crippen molar-refractivity contribution in [3.63, 3.8) is 0 Å². The van der Waals surface area contributed by atoms with Crippen molar-refractivity contribution in [2.75, 3.05) is 0 Å². The molecule has 3 N–H and O–H groups in total. The maximum absolute atomic E-state index is 12.7. The molecule has 7 heteroatoms. The molecule has 0 saturated heterocycles. The summed E-state index contributed by atoms with van der Waals surface area (Å²) >= 11 is 0. The van der Waals surface area contributed by atoms with E-state index < -0.39 is 11.6 Å². The molecule has 2 aromatic carbocycles. The van der Waals surface area contributed by atoms with E-state index in [9.17, 15) is 9.59 Å². The van der Waals surface area contributed by atoms with Gasteiger partial charge in [0.2, 0.25) is 0 Å². The molecule has 0 aliphatic carbocycles. The lowest BCUT2D eigenvalue weighted by atomic mass is 10.1. The number of rotatable bonds is 3. The molecule has 4 aromatic rings. The smallest absolute Gasteiger partial charge is 0.332 e. The summed E-state index contributed by atoms with van der Waals surface area (Å²) < 4.78 is 1.44. The minimum absolute atomic E-state index is 0.0128. The van der Waals surface area contributed by atoms with Crippen molar-refractivity contribution in [1.82, 2.24) is 19.5 Å². The molecule has 4 rings (SSSR count). The van der Waals surface area contributed by atoms with Crippen LogP contribution in [0.4, 0.5) is 0 Å². The number of hydrogen-bond acceptors (Lipinski definition) is 4. The molecule has 28 heavy (non-hydrogen) atoms. The number of fused-ring (bicyclic) bond motifs is 1. The van der Waals surface area contributed by atoms with Crippen LogP contribution in [0.3, 0.4) is 0 Å². The van der Waals surface area contributed by atoms with Crippen LogP contribution in [0.15, 0.2) is 47.3 Å². The van der Waals surface area contributed by atoms with Gasteiger partial charge in [0.1, 0.15) is 5.52 Å². The fourth-order valence-corrected chi connectivity index (χ4v) is 3.18. The zero-order chi connectivity index (χ0) is 20.0. The number of imidazole rings is 1. The van der Waals surface area contributed by atoms with Gasteiger partial charge in [0.15, 0.2) is 17.2 Å². The maximum Gasteiger partial charge on any atom is 0.332 e. The fourth-order valence-electron chi connectivity index (χ4n) is 3.18. The molecular weight excluding hydrogens is 354 g/mol. The van der Waals surface area contributed by atoms with Crippen molar-refractivity contribution in [3.8, 4) is 17.1 Å². The van der Waals surface area contributed by atoms with Crippen LogP contribution in [0.25, 0.3) is 28.2 Å². The number of amides is 1. The van der Waals surface area contributed by atoms with E-state index in [2.05, 4.69) is 15.0 Å². The van der Waals surface area contributed by atoms with Gasteiger partial charge < -0.3 is 10.7 Å². The predicted molar refractivity (Wildman–Crippen MR) is 108 cm³/mol. The van der Waals surface area contributed by atoms with E-state index in [4.69, 9.17) is 5.73 Å². The van der Waals surface area contributed by atoms with Gasteiger partial charge in [0.05, 0.1) is 5.69 Å². The van der Waals surface area contributed by atoms with Crippen LogP contribution in [0, 0.1) is 20.8 Å². The van der Waals surface area contributed by atoms with Crippen LogP contribution in [-0.2, 0) is 0 Å². The van der Waals surface area contributed by atoms with Crippen LogP contribution in [0.2, 0.25) is 0 Å². The highest BCUT2D eigenvalue weighted by atomic mass is 16.2. The maximum atomic E-state index is 12.7. The Labute approximate surface area is 160 Å². The highest BCUT2D eigenvalue weighted by Crippen LogP contribution is 2.23. The summed E-state index contributed by atoms with van der Waals surface area (Å²) in [6.45, 7) is 5.93. The van der Waals surface area contributed by atoms with E-state index in [1.54, 1.807) is 0 Å². The van der Waals surface area contributed by atoms with E-state index in [1.165, 1.54) is 4.57 Å². The third-order valence-corrected chi connectivity index (χ3v) is 4.80. The van der Waals surface area contributed by atoms with E-state index in [0.29, 0.717) is 17.2 Å². The Hall–Kier alpha value is -3.74. The monoisotopic (exact) mass is 373 g/mol. The molecule has 0 aliphatic rings. The number of primary amides is 1. The number of aromatic nitrogens is 4. The summed E-state index contributed by atoms with van der Waals surface area (Å²) in [5, 5.41) is 0. The number of aromatic amines is 1. The van der Waals surface area contributed by atoms with Crippen LogP contribution in [0.1, 0.15) is 27.2 Å². The Morgan fingerprint density at radius 2 is 1.82 bits per heavy atom. The largest absolute Gasteiger partial charge is 0.364 e. The number of nitrogens with two attached hydrogens (primary N) is 1. The molecule has 0 radical (unpaired) electrons. The highest BCUT2D eigenvalue weighted by Gasteiger charge is 2.20. The van der Waals surface area contributed by atoms with Gasteiger partial charge in [0.25, 0.3) is 5.91 Å². The van der Waals surface area contributed by atoms with E-state index in [1.807, 2.05) is 63.2 Å².